The molecule has 0 saturated carbocycles. The minimum Gasteiger partial charge on any atom is -0.497 e. The number of nitrogen functional groups attached to an aromatic ring is 1. The molecule has 2 aromatic rings. The number of nitrogens with two attached hydrogens (primary N) is 1. The van der Waals surface area contributed by atoms with Gasteiger partial charge in [0.05, 0.1) is 7.11 Å². The van der Waals surface area contributed by atoms with Crippen molar-refractivity contribution in [1.82, 2.24) is 14.9 Å². The average Bonchev–Trinajstić information content (AvgIpc) is 2.64. The molecule has 2 heterocycles. The van der Waals surface area contributed by atoms with E-state index in [1.807, 2.05) is 6.07 Å². The van der Waals surface area contributed by atoms with E-state index in [-0.39, 0.29) is 24.4 Å². The highest BCUT2D eigenvalue weighted by Crippen LogP contribution is 2.23. The van der Waals surface area contributed by atoms with Crippen LogP contribution in [0.2, 0.25) is 0 Å². The highest BCUT2D eigenvalue weighted by Gasteiger charge is 2.28. The van der Waals surface area contributed by atoms with E-state index >= 15 is 0 Å². The molecule has 140 valence electrons. The zero-order chi connectivity index (χ0) is 18.5. The van der Waals surface area contributed by atoms with Gasteiger partial charge in [-0.15, -0.1) is 0 Å². The first-order valence-corrected chi connectivity index (χ1v) is 8.61. The lowest BCUT2D eigenvalue weighted by atomic mass is 10.1. The Labute approximate surface area is 152 Å². The predicted molar refractivity (Wildman–Crippen MR) is 97.5 cm³/mol. The van der Waals surface area contributed by atoms with Crippen molar-refractivity contribution in [1.29, 1.82) is 0 Å². The number of aliphatic hydroxyl groups is 1. The summed E-state index contributed by atoms with van der Waals surface area (Å²) in [5.74, 6) is 1.24. The van der Waals surface area contributed by atoms with E-state index < -0.39 is 0 Å². The Kier molecular flexibility index (Phi) is 5.85. The first-order chi connectivity index (χ1) is 12.6. The number of ether oxygens (including phenoxy) is 1. The van der Waals surface area contributed by atoms with E-state index in [9.17, 15) is 9.50 Å². The maximum atomic E-state index is 14.3. The molecule has 26 heavy (non-hydrogen) atoms. The van der Waals surface area contributed by atoms with E-state index in [4.69, 9.17) is 10.5 Å². The van der Waals surface area contributed by atoms with Crippen LogP contribution < -0.4 is 15.4 Å². The molecule has 1 saturated heterocycles. The molecule has 0 bridgehead atoms. The molecule has 1 fully saturated rings. The second-order valence-corrected chi connectivity index (χ2v) is 6.31. The summed E-state index contributed by atoms with van der Waals surface area (Å²) in [6.07, 6.45) is 2.24. The molecule has 0 radical (unpaired) electrons. The number of piperazine rings is 1. The number of hydrogen-bond donors (Lipinski definition) is 2. The van der Waals surface area contributed by atoms with Crippen molar-refractivity contribution >= 4 is 11.8 Å². The second kappa shape index (κ2) is 8.29. The fourth-order valence-corrected chi connectivity index (χ4v) is 3.27. The summed E-state index contributed by atoms with van der Waals surface area (Å²) in [4.78, 5) is 12.5. The molecule has 1 aromatic heterocycles. The number of anilines is 2. The van der Waals surface area contributed by atoms with Crippen molar-refractivity contribution in [3.63, 3.8) is 0 Å². The SMILES string of the molecule is COc1ccc(CN2CCN(c3ccnc(N)n3)C[C@@H]2CCO)c(F)c1. The molecule has 0 amide bonds. The largest absolute Gasteiger partial charge is 0.497 e. The summed E-state index contributed by atoms with van der Waals surface area (Å²) >= 11 is 0. The van der Waals surface area contributed by atoms with Crippen molar-refractivity contribution in [3.8, 4) is 5.75 Å². The number of rotatable bonds is 6. The van der Waals surface area contributed by atoms with E-state index in [2.05, 4.69) is 19.8 Å². The quantitative estimate of drug-likeness (QED) is 0.801. The normalized spacial score (nSPS) is 18.1. The molecule has 0 aliphatic carbocycles. The Balaban J connectivity index is 1.72. The van der Waals surface area contributed by atoms with Crippen LogP contribution in [0.15, 0.2) is 30.5 Å². The predicted octanol–water partition coefficient (Wildman–Crippen LogP) is 1.28. The van der Waals surface area contributed by atoms with Crippen molar-refractivity contribution in [3.05, 3.63) is 41.8 Å². The Morgan fingerprint density at radius 3 is 2.88 bits per heavy atom. The monoisotopic (exact) mass is 361 g/mol. The number of hydrogen-bond acceptors (Lipinski definition) is 7. The van der Waals surface area contributed by atoms with Gasteiger partial charge in [-0.25, -0.2) is 9.37 Å². The van der Waals surface area contributed by atoms with E-state index in [0.29, 0.717) is 30.8 Å². The Morgan fingerprint density at radius 2 is 2.19 bits per heavy atom. The highest BCUT2D eigenvalue weighted by molar-refractivity contribution is 5.41. The van der Waals surface area contributed by atoms with Gasteiger partial charge >= 0.3 is 0 Å². The third-order valence-corrected chi connectivity index (χ3v) is 4.68. The number of benzene rings is 1. The van der Waals surface area contributed by atoms with Gasteiger partial charge in [0.1, 0.15) is 17.4 Å². The topological polar surface area (TPSA) is 87.7 Å². The molecular weight excluding hydrogens is 337 g/mol. The summed E-state index contributed by atoms with van der Waals surface area (Å²) in [5.41, 5.74) is 6.30. The minimum absolute atomic E-state index is 0.0754. The summed E-state index contributed by atoms with van der Waals surface area (Å²) < 4.78 is 19.4. The van der Waals surface area contributed by atoms with Gasteiger partial charge in [-0.05, 0) is 18.6 Å². The maximum absolute atomic E-state index is 14.3. The molecule has 1 aliphatic rings. The number of halogens is 1. The van der Waals surface area contributed by atoms with Gasteiger partial charge in [0.25, 0.3) is 0 Å². The fourth-order valence-electron chi connectivity index (χ4n) is 3.27. The van der Waals surface area contributed by atoms with Gasteiger partial charge in [0.15, 0.2) is 0 Å². The van der Waals surface area contributed by atoms with Crippen LogP contribution in [0.25, 0.3) is 0 Å². The van der Waals surface area contributed by atoms with Crippen LogP contribution in [0, 0.1) is 5.82 Å². The summed E-state index contributed by atoms with van der Waals surface area (Å²) in [6.45, 7) is 2.73. The third kappa shape index (κ3) is 4.20. The molecule has 3 rings (SSSR count). The zero-order valence-corrected chi connectivity index (χ0v) is 14.8. The van der Waals surface area contributed by atoms with Crippen molar-refractivity contribution < 1.29 is 14.2 Å². The zero-order valence-electron chi connectivity index (χ0n) is 14.8. The van der Waals surface area contributed by atoms with E-state index in [1.165, 1.54) is 13.2 Å². The summed E-state index contributed by atoms with van der Waals surface area (Å²) in [5, 5.41) is 9.44. The average molecular weight is 361 g/mol. The van der Waals surface area contributed by atoms with Crippen LogP contribution in [-0.4, -0.2) is 59.4 Å². The lowest BCUT2D eigenvalue weighted by Gasteiger charge is -2.42. The third-order valence-electron chi connectivity index (χ3n) is 4.68. The van der Waals surface area contributed by atoms with Gasteiger partial charge in [-0.3, -0.25) is 4.90 Å². The lowest BCUT2D eigenvalue weighted by molar-refractivity contribution is 0.134. The molecule has 0 unspecified atom stereocenters. The van der Waals surface area contributed by atoms with Crippen LogP contribution in [0.5, 0.6) is 5.75 Å². The standard InChI is InChI=1S/C18H24FN5O2/c1-26-15-3-2-13(16(19)10-15)11-23-7-8-24(12-14(23)5-9-25)17-4-6-21-18(20)22-17/h2-4,6,10,14,25H,5,7-9,11-12H2,1H3,(H2,20,21,22)/t14-/m0/s1. The smallest absolute Gasteiger partial charge is 0.221 e. The Bertz CT molecular complexity index is 745. The number of aliphatic hydroxyl groups excluding tert-OH is 1. The number of nitrogens with zero attached hydrogens (tertiary/aromatic N) is 4. The Hall–Kier alpha value is -2.45. The van der Waals surface area contributed by atoms with Gasteiger partial charge in [0, 0.05) is 56.7 Å². The second-order valence-electron chi connectivity index (χ2n) is 6.31. The Morgan fingerprint density at radius 1 is 1.35 bits per heavy atom. The molecule has 7 nitrogen and oxygen atoms in total. The van der Waals surface area contributed by atoms with Crippen LogP contribution >= 0.6 is 0 Å². The van der Waals surface area contributed by atoms with Crippen LogP contribution in [-0.2, 0) is 6.54 Å². The van der Waals surface area contributed by atoms with Crippen LogP contribution in [0.4, 0.5) is 16.2 Å². The molecular formula is C18H24FN5O2. The highest BCUT2D eigenvalue weighted by atomic mass is 19.1. The summed E-state index contributed by atoms with van der Waals surface area (Å²) in [6, 6.07) is 6.83. The first kappa shape index (κ1) is 18.3. The van der Waals surface area contributed by atoms with Gasteiger partial charge in [0.2, 0.25) is 5.95 Å². The minimum atomic E-state index is -0.280. The molecule has 1 aliphatic heterocycles. The fraction of sp³-hybridized carbons (Fsp3) is 0.444. The van der Waals surface area contributed by atoms with Gasteiger partial charge in [-0.1, -0.05) is 6.07 Å². The lowest BCUT2D eigenvalue weighted by Crippen LogP contribution is -2.53. The first-order valence-electron chi connectivity index (χ1n) is 8.61. The van der Waals surface area contributed by atoms with E-state index in [1.54, 1.807) is 18.3 Å². The molecule has 0 spiro atoms. The number of methoxy groups -OCH3 is 1. The molecule has 1 aromatic carbocycles. The van der Waals surface area contributed by atoms with Crippen molar-refractivity contribution in [2.24, 2.45) is 0 Å². The molecule has 3 N–H and O–H groups in total. The molecule has 8 heteroatoms. The number of aromatic nitrogens is 2. The van der Waals surface area contributed by atoms with Crippen LogP contribution in [0.1, 0.15) is 12.0 Å². The van der Waals surface area contributed by atoms with Gasteiger partial charge < -0.3 is 20.5 Å². The van der Waals surface area contributed by atoms with E-state index in [0.717, 1.165) is 18.9 Å². The van der Waals surface area contributed by atoms with Crippen molar-refractivity contribution in [2.75, 3.05) is 44.0 Å². The summed E-state index contributed by atoms with van der Waals surface area (Å²) in [7, 11) is 1.52. The maximum Gasteiger partial charge on any atom is 0.221 e. The van der Waals surface area contributed by atoms with Crippen molar-refractivity contribution in [2.45, 2.75) is 19.0 Å². The van der Waals surface area contributed by atoms with Gasteiger partial charge in [-0.2, -0.15) is 4.98 Å². The molecule has 1 atom stereocenters. The van der Waals surface area contributed by atoms with Crippen LogP contribution in [0.3, 0.4) is 0 Å².